The SMILES string of the molecule is C[C@H]1C(=O)N2C[C@@H](N(C)C)C[C@H]2CN1S(=O)(=O)c1cn(C)cn1. The Morgan fingerprint density at radius 3 is 2.57 bits per heavy atom. The van der Waals surface area contributed by atoms with E-state index in [4.69, 9.17) is 0 Å². The van der Waals surface area contributed by atoms with Gasteiger partial charge in [-0.3, -0.25) is 4.79 Å². The van der Waals surface area contributed by atoms with Crippen molar-refractivity contribution in [2.24, 2.45) is 7.05 Å². The van der Waals surface area contributed by atoms with Crippen LogP contribution in [0.25, 0.3) is 0 Å². The second kappa shape index (κ2) is 5.57. The van der Waals surface area contributed by atoms with Gasteiger partial charge in [-0.1, -0.05) is 0 Å². The summed E-state index contributed by atoms with van der Waals surface area (Å²) >= 11 is 0. The number of nitrogens with zero attached hydrogens (tertiary/aromatic N) is 5. The van der Waals surface area contributed by atoms with Crippen molar-refractivity contribution >= 4 is 15.9 Å². The highest BCUT2D eigenvalue weighted by Crippen LogP contribution is 2.30. The van der Waals surface area contributed by atoms with Gasteiger partial charge in [-0.15, -0.1) is 0 Å². The van der Waals surface area contributed by atoms with E-state index in [1.807, 2.05) is 19.0 Å². The topological polar surface area (TPSA) is 78.8 Å². The fraction of sp³-hybridized carbons (Fsp3) is 0.714. The van der Waals surface area contributed by atoms with Crippen LogP contribution in [0, 0.1) is 0 Å². The number of likely N-dealkylation sites (N-methyl/N-ethyl adjacent to an activating group) is 1. The van der Waals surface area contributed by atoms with E-state index in [1.54, 1.807) is 18.5 Å². The largest absolute Gasteiger partial charge is 0.339 e. The Kier molecular flexibility index (Phi) is 3.97. The summed E-state index contributed by atoms with van der Waals surface area (Å²) in [5.74, 6) is -0.120. The van der Waals surface area contributed by atoms with Crippen LogP contribution < -0.4 is 0 Å². The number of hydrogen-bond acceptors (Lipinski definition) is 5. The molecule has 0 spiro atoms. The Hall–Kier alpha value is -1.45. The summed E-state index contributed by atoms with van der Waals surface area (Å²) in [4.78, 5) is 20.5. The minimum atomic E-state index is -3.76. The molecule has 23 heavy (non-hydrogen) atoms. The van der Waals surface area contributed by atoms with Crippen molar-refractivity contribution in [3.63, 3.8) is 0 Å². The predicted octanol–water partition coefficient (Wildman–Crippen LogP) is -0.656. The summed E-state index contributed by atoms with van der Waals surface area (Å²) in [6.45, 7) is 2.65. The van der Waals surface area contributed by atoms with Crippen molar-refractivity contribution in [3.05, 3.63) is 12.5 Å². The summed E-state index contributed by atoms with van der Waals surface area (Å²) in [6, 6.07) is -0.489. The number of aryl methyl sites for hydroxylation is 1. The van der Waals surface area contributed by atoms with Crippen molar-refractivity contribution in [3.8, 4) is 0 Å². The van der Waals surface area contributed by atoms with Crippen LogP contribution in [-0.4, -0.2) is 83.3 Å². The first-order valence-corrected chi connectivity index (χ1v) is 9.12. The van der Waals surface area contributed by atoms with Crippen LogP contribution >= 0.6 is 0 Å². The molecule has 3 rings (SSSR count). The predicted molar refractivity (Wildman–Crippen MR) is 84.2 cm³/mol. The lowest BCUT2D eigenvalue weighted by Gasteiger charge is -2.40. The third-order valence-electron chi connectivity index (χ3n) is 4.84. The molecule has 0 aromatic carbocycles. The van der Waals surface area contributed by atoms with Crippen molar-refractivity contribution in [2.45, 2.75) is 36.5 Å². The molecule has 2 fully saturated rings. The van der Waals surface area contributed by atoms with Gasteiger partial charge < -0.3 is 14.4 Å². The van der Waals surface area contributed by atoms with Gasteiger partial charge in [0.05, 0.1) is 6.33 Å². The number of fused-ring (bicyclic) bond motifs is 1. The summed E-state index contributed by atoms with van der Waals surface area (Å²) in [7, 11) is 1.93. The van der Waals surface area contributed by atoms with E-state index in [-0.39, 0.29) is 23.0 Å². The number of hydrogen-bond donors (Lipinski definition) is 0. The van der Waals surface area contributed by atoms with Crippen LogP contribution in [-0.2, 0) is 21.9 Å². The summed E-state index contributed by atoms with van der Waals surface area (Å²) < 4.78 is 28.6. The van der Waals surface area contributed by atoms with Crippen LogP contribution in [0.1, 0.15) is 13.3 Å². The molecule has 0 radical (unpaired) electrons. The normalized spacial score (nSPS) is 29.3. The molecule has 1 aromatic rings. The highest BCUT2D eigenvalue weighted by molar-refractivity contribution is 7.89. The Morgan fingerprint density at radius 1 is 1.30 bits per heavy atom. The molecule has 2 aliphatic heterocycles. The molecule has 8 nitrogen and oxygen atoms in total. The molecule has 1 amide bonds. The third kappa shape index (κ3) is 2.66. The first-order chi connectivity index (χ1) is 10.7. The lowest BCUT2D eigenvalue weighted by molar-refractivity contribution is -0.139. The maximum atomic E-state index is 12.8. The van der Waals surface area contributed by atoms with E-state index in [1.165, 1.54) is 16.8 Å². The Labute approximate surface area is 136 Å². The first kappa shape index (κ1) is 16.4. The number of amides is 1. The van der Waals surface area contributed by atoms with Gasteiger partial charge in [-0.2, -0.15) is 4.31 Å². The Morgan fingerprint density at radius 2 is 2.00 bits per heavy atom. The van der Waals surface area contributed by atoms with E-state index >= 15 is 0 Å². The number of aromatic nitrogens is 2. The second-order valence-corrected chi connectivity index (χ2v) is 8.46. The zero-order chi connectivity index (χ0) is 16.9. The van der Waals surface area contributed by atoms with Gasteiger partial charge in [0.2, 0.25) is 5.91 Å². The monoisotopic (exact) mass is 341 g/mol. The highest BCUT2D eigenvalue weighted by Gasteiger charge is 2.48. The molecule has 2 saturated heterocycles. The maximum absolute atomic E-state index is 12.8. The molecular formula is C14H23N5O3S. The lowest BCUT2D eigenvalue weighted by atomic mass is 10.1. The van der Waals surface area contributed by atoms with Crippen LogP contribution in [0.4, 0.5) is 0 Å². The molecule has 3 heterocycles. The molecule has 0 saturated carbocycles. The van der Waals surface area contributed by atoms with Crippen LogP contribution in [0.5, 0.6) is 0 Å². The second-order valence-electron chi connectivity index (χ2n) is 6.63. The van der Waals surface area contributed by atoms with Crippen molar-refractivity contribution in [2.75, 3.05) is 27.2 Å². The zero-order valence-electron chi connectivity index (χ0n) is 13.9. The molecule has 1 aromatic heterocycles. The van der Waals surface area contributed by atoms with Gasteiger partial charge in [-0.25, -0.2) is 13.4 Å². The van der Waals surface area contributed by atoms with Crippen LogP contribution in [0.2, 0.25) is 0 Å². The maximum Gasteiger partial charge on any atom is 0.262 e. The highest BCUT2D eigenvalue weighted by atomic mass is 32.2. The third-order valence-corrected chi connectivity index (χ3v) is 6.66. The number of rotatable bonds is 3. The lowest BCUT2D eigenvalue weighted by Crippen LogP contribution is -2.60. The van der Waals surface area contributed by atoms with Gasteiger partial charge in [0.25, 0.3) is 10.0 Å². The van der Waals surface area contributed by atoms with Gasteiger partial charge >= 0.3 is 0 Å². The first-order valence-electron chi connectivity index (χ1n) is 7.68. The van der Waals surface area contributed by atoms with E-state index in [9.17, 15) is 13.2 Å². The van der Waals surface area contributed by atoms with E-state index in [0.717, 1.165) is 6.42 Å². The Bertz CT molecular complexity index is 714. The standard InChI is InChI=1S/C14H23N5O3S/c1-10-14(20)18-6-11(16(2)3)5-12(18)7-19(10)23(21,22)13-8-17(4)9-15-13/h8-12H,5-7H2,1-4H3/t10-,11-,12-/m0/s1. The molecule has 9 heteroatoms. The minimum absolute atomic E-state index is 0.00439. The molecule has 0 N–H and O–H groups in total. The summed E-state index contributed by atoms with van der Waals surface area (Å²) in [5, 5.41) is -0.00439. The summed E-state index contributed by atoms with van der Waals surface area (Å²) in [6.07, 6.45) is 3.71. The quantitative estimate of drug-likeness (QED) is 0.730. The number of carbonyl (C=O) groups excluding carboxylic acids is 1. The van der Waals surface area contributed by atoms with Gasteiger partial charge in [0, 0.05) is 38.4 Å². The minimum Gasteiger partial charge on any atom is -0.339 e. The van der Waals surface area contributed by atoms with Crippen molar-refractivity contribution in [1.29, 1.82) is 0 Å². The van der Waals surface area contributed by atoms with Gasteiger partial charge in [0.15, 0.2) is 5.03 Å². The van der Waals surface area contributed by atoms with Crippen LogP contribution in [0.3, 0.4) is 0 Å². The molecule has 0 aliphatic carbocycles. The van der Waals surface area contributed by atoms with E-state index in [2.05, 4.69) is 9.88 Å². The fourth-order valence-electron chi connectivity index (χ4n) is 3.39. The Balaban J connectivity index is 1.89. The number of piperazine rings is 1. The molecule has 0 bridgehead atoms. The van der Waals surface area contributed by atoms with Crippen molar-refractivity contribution < 1.29 is 13.2 Å². The average molecular weight is 341 g/mol. The molecule has 3 atom stereocenters. The van der Waals surface area contributed by atoms with Crippen molar-refractivity contribution in [1.82, 2.24) is 23.7 Å². The van der Waals surface area contributed by atoms with Crippen LogP contribution in [0.15, 0.2) is 17.6 Å². The van der Waals surface area contributed by atoms with E-state index in [0.29, 0.717) is 13.1 Å². The molecule has 0 unspecified atom stereocenters. The number of imidazole rings is 1. The average Bonchev–Trinajstić information content (AvgIpc) is 3.09. The van der Waals surface area contributed by atoms with E-state index < -0.39 is 16.1 Å². The number of carbonyl (C=O) groups is 1. The van der Waals surface area contributed by atoms with Gasteiger partial charge in [-0.05, 0) is 27.4 Å². The summed E-state index contributed by atoms with van der Waals surface area (Å²) in [5.41, 5.74) is 0. The molecule has 128 valence electrons. The van der Waals surface area contributed by atoms with Gasteiger partial charge in [0.1, 0.15) is 6.04 Å². The fourth-order valence-corrected chi connectivity index (χ4v) is 4.98. The molecular weight excluding hydrogens is 318 g/mol. The molecule has 2 aliphatic rings. The smallest absolute Gasteiger partial charge is 0.262 e. The number of sulfonamides is 1. The zero-order valence-corrected chi connectivity index (χ0v) is 14.7.